The van der Waals surface area contributed by atoms with Gasteiger partial charge in [0, 0.05) is 24.1 Å². The van der Waals surface area contributed by atoms with Crippen LogP contribution >= 0.6 is 0 Å². The molecule has 1 aliphatic carbocycles. The second-order valence-corrected chi connectivity index (χ2v) is 6.90. The highest BCUT2D eigenvalue weighted by molar-refractivity contribution is 5.79. The number of fused-ring (bicyclic) bond motifs is 3. The van der Waals surface area contributed by atoms with Crippen LogP contribution in [0.25, 0.3) is 17.2 Å². The number of amides is 1. The van der Waals surface area contributed by atoms with Crippen LogP contribution in [0.5, 0.6) is 0 Å². The number of carbonyl (C=O) groups excluding carboxylic acids is 1. The zero-order valence-electron chi connectivity index (χ0n) is 15.9. The standard InChI is InChI=1S/C24H18F3NO2/c25-21-13-23(27)22(26)12-15(21)6-5-11-28-24(29)30-14-20-18-9-3-1-7-16(18)17-8-2-4-10-19(17)20/h1-10,12-13,20H,11,14H2,(H,28,29). The van der Waals surface area contributed by atoms with Gasteiger partial charge in [0.25, 0.3) is 0 Å². The smallest absolute Gasteiger partial charge is 0.407 e. The molecule has 0 saturated heterocycles. The molecule has 0 aliphatic heterocycles. The molecule has 0 radical (unpaired) electrons. The summed E-state index contributed by atoms with van der Waals surface area (Å²) in [6.45, 7) is 0.233. The number of hydrogen-bond acceptors (Lipinski definition) is 2. The molecule has 1 aliphatic rings. The van der Waals surface area contributed by atoms with Crippen LogP contribution in [0.1, 0.15) is 22.6 Å². The maximum absolute atomic E-state index is 13.6. The molecule has 30 heavy (non-hydrogen) atoms. The Hall–Kier alpha value is -3.54. The van der Waals surface area contributed by atoms with E-state index in [1.54, 1.807) is 0 Å². The first-order valence-corrected chi connectivity index (χ1v) is 9.44. The van der Waals surface area contributed by atoms with Crippen LogP contribution in [0.2, 0.25) is 0 Å². The zero-order chi connectivity index (χ0) is 21.1. The SMILES string of the molecule is O=C(NCC=Cc1cc(F)c(F)cc1F)OCC1c2ccccc2-c2ccccc21. The van der Waals surface area contributed by atoms with Crippen LogP contribution < -0.4 is 5.32 Å². The van der Waals surface area contributed by atoms with Gasteiger partial charge in [-0.2, -0.15) is 0 Å². The fraction of sp³-hybridized carbons (Fsp3) is 0.125. The van der Waals surface area contributed by atoms with Gasteiger partial charge < -0.3 is 10.1 Å². The molecule has 3 aromatic rings. The minimum absolute atomic E-state index is 0.0463. The van der Waals surface area contributed by atoms with Crippen molar-refractivity contribution in [3.8, 4) is 11.1 Å². The molecule has 3 nitrogen and oxygen atoms in total. The number of benzene rings is 3. The maximum Gasteiger partial charge on any atom is 0.407 e. The van der Waals surface area contributed by atoms with Crippen LogP contribution in [0.3, 0.4) is 0 Å². The summed E-state index contributed by atoms with van der Waals surface area (Å²) in [4.78, 5) is 12.0. The predicted molar refractivity (Wildman–Crippen MR) is 108 cm³/mol. The van der Waals surface area contributed by atoms with Crippen molar-refractivity contribution >= 4 is 12.2 Å². The number of carbonyl (C=O) groups is 1. The summed E-state index contributed by atoms with van der Waals surface area (Å²) >= 11 is 0. The molecule has 0 atom stereocenters. The minimum atomic E-state index is -1.25. The zero-order valence-corrected chi connectivity index (χ0v) is 15.9. The van der Waals surface area contributed by atoms with Crippen molar-refractivity contribution < 1.29 is 22.7 Å². The van der Waals surface area contributed by atoms with Gasteiger partial charge in [0.05, 0.1) is 0 Å². The van der Waals surface area contributed by atoms with Crippen molar-refractivity contribution in [3.63, 3.8) is 0 Å². The summed E-state index contributed by atoms with van der Waals surface area (Å²) < 4.78 is 45.1. The van der Waals surface area contributed by atoms with Gasteiger partial charge in [-0.05, 0) is 28.3 Å². The summed E-state index contributed by atoms with van der Waals surface area (Å²) in [5.74, 6) is -3.32. The second kappa shape index (κ2) is 8.45. The molecule has 0 fully saturated rings. The monoisotopic (exact) mass is 409 g/mol. The van der Waals surface area contributed by atoms with Gasteiger partial charge in [0.1, 0.15) is 12.4 Å². The Morgan fingerprint density at radius 2 is 1.50 bits per heavy atom. The van der Waals surface area contributed by atoms with Crippen LogP contribution in [0.4, 0.5) is 18.0 Å². The summed E-state index contributed by atoms with van der Waals surface area (Å²) in [6, 6.07) is 17.3. The van der Waals surface area contributed by atoms with Gasteiger partial charge in [-0.25, -0.2) is 18.0 Å². The van der Waals surface area contributed by atoms with E-state index in [4.69, 9.17) is 4.74 Å². The van der Waals surface area contributed by atoms with E-state index in [0.717, 1.165) is 28.3 Å². The molecule has 0 spiro atoms. The highest BCUT2D eigenvalue weighted by Crippen LogP contribution is 2.44. The highest BCUT2D eigenvalue weighted by atomic mass is 19.2. The van der Waals surface area contributed by atoms with Gasteiger partial charge >= 0.3 is 6.09 Å². The average Bonchev–Trinajstić information content (AvgIpc) is 3.07. The topological polar surface area (TPSA) is 38.3 Å². The molecule has 0 aromatic heterocycles. The third-order valence-electron chi connectivity index (χ3n) is 5.04. The quantitative estimate of drug-likeness (QED) is 0.553. The Balaban J connectivity index is 1.34. The van der Waals surface area contributed by atoms with Gasteiger partial charge in [-0.15, -0.1) is 0 Å². The number of halogens is 3. The van der Waals surface area contributed by atoms with Gasteiger partial charge in [0.2, 0.25) is 0 Å². The summed E-state index contributed by atoms with van der Waals surface area (Å²) in [5, 5.41) is 2.53. The first kappa shape index (κ1) is 19.8. The molecule has 0 saturated carbocycles. The highest BCUT2D eigenvalue weighted by Gasteiger charge is 2.28. The van der Waals surface area contributed by atoms with Crippen molar-refractivity contribution in [1.29, 1.82) is 0 Å². The van der Waals surface area contributed by atoms with Gasteiger partial charge in [0.15, 0.2) is 11.6 Å². The molecule has 3 aromatic carbocycles. The number of hydrogen-bond donors (Lipinski definition) is 1. The number of ether oxygens (including phenoxy) is 1. The summed E-state index contributed by atoms with van der Waals surface area (Å²) in [7, 11) is 0. The predicted octanol–water partition coefficient (Wildman–Crippen LogP) is 5.66. The molecule has 0 bridgehead atoms. The van der Waals surface area contributed by atoms with Crippen LogP contribution in [0, 0.1) is 17.5 Å². The minimum Gasteiger partial charge on any atom is -0.449 e. The molecule has 4 rings (SSSR count). The molecule has 152 valence electrons. The van der Waals surface area contributed by atoms with Crippen molar-refractivity contribution in [1.82, 2.24) is 5.32 Å². The molecule has 1 amide bonds. The number of nitrogens with one attached hydrogen (secondary N) is 1. The van der Waals surface area contributed by atoms with Gasteiger partial charge in [-0.1, -0.05) is 60.7 Å². The third-order valence-corrected chi connectivity index (χ3v) is 5.04. The second-order valence-electron chi connectivity index (χ2n) is 6.90. The lowest BCUT2D eigenvalue weighted by Gasteiger charge is -2.14. The molecule has 0 unspecified atom stereocenters. The van der Waals surface area contributed by atoms with E-state index in [-0.39, 0.29) is 24.6 Å². The molecular weight excluding hydrogens is 391 g/mol. The Morgan fingerprint density at radius 1 is 0.900 bits per heavy atom. The van der Waals surface area contributed by atoms with Gasteiger partial charge in [-0.3, -0.25) is 0 Å². The first-order valence-electron chi connectivity index (χ1n) is 9.44. The van der Waals surface area contributed by atoms with E-state index in [2.05, 4.69) is 17.4 Å². The van der Waals surface area contributed by atoms with Crippen molar-refractivity contribution in [3.05, 3.63) is 101 Å². The van der Waals surface area contributed by atoms with E-state index >= 15 is 0 Å². The van der Waals surface area contributed by atoms with Crippen LogP contribution in [-0.4, -0.2) is 19.2 Å². The number of alkyl carbamates (subject to hydrolysis) is 1. The lowest BCUT2D eigenvalue weighted by Crippen LogP contribution is -2.26. The molecule has 6 heteroatoms. The number of rotatable bonds is 5. The van der Waals surface area contributed by atoms with Crippen LogP contribution in [-0.2, 0) is 4.74 Å². The molecule has 1 N–H and O–H groups in total. The molecule has 0 heterocycles. The third kappa shape index (κ3) is 3.94. The lowest BCUT2D eigenvalue weighted by atomic mass is 9.98. The maximum atomic E-state index is 13.6. The molecular formula is C24H18F3NO2. The normalized spacial score (nSPS) is 12.6. The van der Waals surface area contributed by atoms with E-state index in [0.29, 0.717) is 6.07 Å². The fourth-order valence-corrected chi connectivity index (χ4v) is 3.64. The Labute approximate surface area is 171 Å². The van der Waals surface area contributed by atoms with E-state index in [9.17, 15) is 18.0 Å². The largest absolute Gasteiger partial charge is 0.449 e. The van der Waals surface area contributed by atoms with E-state index in [1.807, 2.05) is 36.4 Å². The Bertz CT molecular complexity index is 1080. The van der Waals surface area contributed by atoms with Crippen molar-refractivity contribution in [2.24, 2.45) is 0 Å². The fourth-order valence-electron chi connectivity index (χ4n) is 3.64. The summed E-state index contributed by atoms with van der Waals surface area (Å²) in [6.07, 6.45) is 2.07. The lowest BCUT2D eigenvalue weighted by molar-refractivity contribution is 0.144. The first-order chi connectivity index (χ1) is 14.5. The Kier molecular flexibility index (Phi) is 5.57. The van der Waals surface area contributed by atoms with Crippen molar-refractivity contribution in [2.45, 2.75) is 5.92 Å². The van der Waals surface area contributed by atoms with Crippen molar-refractivity contribution in [2.75, 3.05) is 13.2 Å². The van der Waals surface area contributed by atoms with E-state index in [1.165, 1.54) is 12.2 Å². The summed E-state index contributed by atoms with van der Waals surface area (Å²) in [5.41, 5.74) is 4.39. The average molecular weight is 409 g/mol. The Morgan fingerprint density at radius 3 is 2.17 bits per heavy atom. The van der Waals surface area contributed by atoms with Crippen LogP contribution in [0.15, 0.2) is 66.7 Å². The van der Waals surface area contributed by atoms with E-state index < -0.39 is 23.5 Å².